The average molecular weight is 304 g/mol. The number of nitrogens with one attached hydrogen (secondary N) is 1. The van der Waals surface area contributed by atoms with Crippen molar-refractivity contribution in [3.8, 4) is 0 Å². The number of carbonyl (C=O) groups is 2. The third-order valence-electron chi connectivity index (χ3n) is 3.97. The van der Waals surface area contributed by atoms with Gasteiger partial charge in [-0.2, -0.15) is 13.2 Å². The van der Waals surface area contributed by atoms with Gasteiger partial charge < -0.3 is 10.2 Å². The number of rotatable bonds is 2. The Labute approximate surface area is 121 Å². The summed E-state index contributed by atoms with van der Waals surface area (Å²) in [5, 5.41) is 2.60. The average Bonchev–Trinajstić information content (AvgIpc) is 2.31. The second kappa shape index (κ2) is 6.07. The Hall–Kier alpha value is -1.53. The Morgan fingerprint density at radius 2 is 1.95 bits per heavy atom. The van der Waals surface area contributed by atoms with Crippen LogP contribution in [0, 0.1) is 0 Å². The number of likely N-dealkylation sites (tertiary alicyclic amines) is 1. The van der Waals surface area contributed by atoms with E-state index in [0.717, 1.165) is 29.7 Å². The normalized spacial score (nSPS) is 26.1. The van der Waals surface area contributed by atoms with Crippen molar-refractivity contribution in [2.45, 2.75) is 57.3 Å². The zero-order valence-electron chi connectivity index (χ0n) is 11.9. The lowest BCUT2D eigenvalue weighted by molar-refractivity contribution is -0.195. The maximum Gasteiger partial charge on any atom is 0.408 e. The van der Waals surface area contributed by atoms with Crippen LogP contribution in [-0.4, -0.2) is 41.5 Å². The van der Waals surface area contributed by atoms with Gasteiger partial charge in [0.05, 0.1) is 0 Å². The number of nitrogens with zero attached hydrogens (tertiary/aromatic N) is 1. The van der Waals surface area contributed by atoms with Crippen molar-refractivity contribution in [1.29, 1.82) is 0 Å². The molecule has 1 heterocycles. The number of piperidine rings is 1. The summed E-state index contributed by atoms with van der Waals surface area (Å²) in [5.74, 6) is -0.891. The molecule has 2 aliphatic rings. The number of halogens is 3. The summed E-state index contributed by atoms with van der Waals surface area (Å²) in [6, 6.07) is -2.17. The first-order chi connectivity index (χ1) is 9.77. The molecule has 0 aromatic carbocycles. The highest BCUT2D eigenvalue weighted by molar-refractivity contribution is 5.89. The predicted molar refractivity (Wildman–Crippen MR) is 70.3 cm³/mol. The highest BCUT2D eigenvalue weighted by atomic mass is 19.4. The number of hydrogen-bond acceptors (Lipinski definition) is 2. The van der Waals surface area contributed by atoms with Crippen LogP contribution in [0.15, 0.2) is 11.6 Å². The minimum Gasteiger partial charge on any atom is -0.352 e. The van der Waals surface area contributed by atoms with Gasteiger partial charge in [-0.25, -0.2) is 0 Å². The first-order valence-electron chi connectivity index (χ1n) is 7.11. The first-order valence-corrected chi connectivity index (χ1v) is 7.11. The third-order valence-corrected chi connectivity index (χ3v) is 3.97. The SMILES string of the molecule is CC(=O)N[C@H]1CC[C@@H](C(F)(F)F)N(C(=O)C=C2CCC2)C1. The molecule has 0 bridgehead atoms. The minimum atomic E-state index is -4.44. The molecule has 0 unspecified atom stereocenters. The summed E-state index contributed by atoms with van der Waals surface area (Å²) in [4.78, 5) is 24.0. The van der Waals surface area contributed by atoms with Crippen LogP contribution in [0.3, 0.4) is 0 Å². The van der Waals surface area contributed by atoms with Crippen LogP contribution in [0.25, 0.3) is 0 Å². The summed E-state index contributed by atoms with van der Waals surface area (Å²) in [5.41, 5.74) is 0.905. The fourth-order valence-corrected chi connectivity index (χ4v) is 2.74. The van der Waals surface area contributed by atoms with Crippen LogP contribution in [0.2, 0.25) is 0 Å². The van der Waals surface area contributed by atoms with E-state index in [0.29, 0.717) is 0 Å². The van der Waals surface area contributed by atoms with Gasteiger partial charge in [0.25, 0.3) is 0 Å². The predicted octanol–water partition coefficient (Wildman–Crippen LogP) is 2.15. The fraction of sp³-hybridized carbons (Fsp3) is 0.714. The maximum atomic E-state index is 13.1. The van der Waals surface area contributed by atoms with Crippen molar-refractivity contribution in [1.82, 2.24) is 10.2 Å². The largest absolute Gasteiger partial charge is 0.408 e. The molecule has 2 amide bonds. The minimum absolute atomic E-state index is 0.0909. The Morgan fingerprint density at radius 3 is 2.43 bits per heavy atom. The van der Waals surface area contributed by atoms with E-state index < -0.39 is 24.2 Å². The summed E-state index contributed by atoms with van der Waals surface area (Å²) >= 11 is 0. The van der Waals surface area contributed by atoms with E-state index in [1.807, 2.05) is 0 Å². The van der Waals surface area contributed by atoms with Gasteiger partial charge >= 0.3 is 6.18 Å². The Kier molecular flexibility index (Phi) is 4.58. The van der Waals surface area contributed by atoms with Crippen LogP contribution >= 0.6 is 0 Å². The molecule has 4 nitrogen and oxygen atoms in total. The van der Waals surface area contributed by atoms with E-state index in [4.69, 9.17) is 0 Å². The molecule has 1 saturated heterocycles. The van der Waals surface area contributed by atoms with E-state index in [2.05, 4.69) is 5.32 Å². The topological polar surface area (TPSA) is 49.4 Å². The molecular weight excluding hydrogens is 285 g/mol. The quantitative estimate of drug-likeness (QED) is 0.795. The monoisotopic (exact) mass is 304 g/mol. The molecule has 2 atom stereocenters. The van der Waals surface area contributed by atoms with Crippen LogP contribution < -0.4 is 5.32 Å². The molecule has 2 fully saturated rings. The van der Waals surface area contributed by atoms with Crippen molar-refractivity contribution in [2.75, 3.05) is 6.54 Å². The molecule has 0 aromatic rings. The number of amides is 2. The zero-order valence-corrected chi connectivity index (χ0v) is 11.9. The summed E-state index contributed by atoms with van der Waals surface area (Å²) in [6.45, 7) is 1.23. The zero-order chi connectivity index (χ0) is 15.6. The highest BCUT2D eigenvalue weighted by Crippen LogP contribution is 2.33. The van der Waals surface area contributed by atoms with Crippen molar-refractivity contribution >= 4 is 11.8 Å². The van der Waals surface area contributed by atoms with E-state index >= 15 is 0 Å². The summed E-state index contributed by atoms with van der Waals surface area (Å²) in [6.07, 6.45) is -0.506. The van der Waals surface area contributed by atoms with Crippen molar-refractivity contribution in [2.24, 2.45) is 0 Å². The fourth-order valence-electron chi connectivity index (χ4n) is 2.74. The lowest BCUT2D eigenvalue weighted by Crippen LogP contribution is -2.57. The molecule has 2 rings (SSSR count). The molecule has 7 heteroatoms. The van der Waals surface area contributed by atoms with Gasteiger partial charge in [0.15, 0.2) is 0 Å². The Bertz CT molecular complexity index is 454. The number of allylic oxidation sites excluding steroid dienone is 1. The molecule has 1 saturated carbocycles. The van der Waals surface area contributed by atoms with Gasteiger partial charge in [-0.1, -0.05) is 5.57 Å². The van der Waals surface area contributed by atoms with Crippen molar-refractivity contribution in [3.63, 3.8) is 0 Å². The lowest BCUT2D eigenvalue weighted by atomic mass is 9.91. The highest BCUT2D eigenvalue weighted by Gasteiger charge is 2.47. The lowest BCUT2D eigenvalue weighted by Gasteiger charge is -2.40. The third kappa shape index (κ3) is 3.98. The maximum absolute atomic E-state index is 13.1. The van der Waals surface area contributed by atoms with E-state index in [9.17, 15) is 22.8 Å². The smallest absolute Gasteiger partial charge is 0.352 e. The summed E-state index contributed by atoms with van der Waals surface area (Å²) < 4.78 is 39.2. The van der Waals surface area contributed by atoms with Crippen molar-refractivity contribution < 1.29 is 22.8 Å². The molecule has 1 N–H and O–H groups in total. The Balaban J connectivity index is 2.12. The van der Waals surface area contributed by atoms with E-state index in [1.54, 1.807) is 0 Å². The van der Waals surface area contributed by atoms with Crippen LogP contribution in [0.4, 0.5) is 13.2 Å². The van der Waals surface area contributed by atoms with E-state index in [-0.39, 0.29) is 25.3 Å². The molecule has 1 aliphatic heterocycles. The number of carbonyl (C=O) groups excluding carboxylic acids is 2. The molecule has 21 heavy (non-hydrogen) atoms. The molecule has 0 spiro atoms. The van der Waals surface area contributed by atoms with E-state index in [1.165, 1.54) is 13.0 Å². The number of hydrogen-bond donors (Lipinski definition) is 1. The van der Waals surface area contributed by atoms with Gasteiger partial charge in [0.1, 0.15) is 6.04 Å². The van der Waals surface area contributed by atoms with Gasteiger partial charge in [0.2, 0.25) is 11.8 Å². The Morgan fingerprint density at radius 1 is 1.29 bits per heavy atom. The standard InChI is InChI=1S/C14H19F3N2O2/c1-9(20)18-11-5-6-12(14(15,16)17)19(8-11)13(21)7-10-3-2-4-10/h7,11-12H,2-6,8H2,1H3,(H,18,20)/t11-,12-/m0/s1. The van der Waals surface area contributed by atoms with Crippen LogP contribution in [0.1, 0.15) is 39.0 Å². The first kappa shape index (κ1) is 15.9. The van der Waals surface area contributed by atoms with Gasteiger partial charge in [0, 0.05) is 25.6 Å². The molecule has 0 aromatic heterocycles. The second-order valence-corrected chi connectivity index (χ2v) is 5.68. The second-order valence-electron chi connectivity index (χ2n) is 5.68. The molecule has 0 radical (unpaired) electrons. The molecule has 118 valence electrons. The van der Waals surface area contributed by atoms with Crippen molar-refractivity contribution in [3.05, 3.63) is 11.6 Å². The molecule has 1 aliphatic carbocycles. The molecular formula is C14H19F3N2O2. The van der Waals surface area contributed by atoms with Crippen LogP contribution in [0.5, 0.6) is 0 Å². The van der Waals surface area contributed by atoms with Gasteiger partial charge in [-0.15, -0.1) is 0 Å². The number of alkyl halides is 3. The van der Waals surface area contributed by atoms with Crippen LogP contribution in [-0.2, 0) is 9.59 Å². The van der Waals surface area contributed by atoms with Gasteiger partial charge in [-0.3, -0.25) is 9.59 Å². The van der Waals surface area contributed by atoms with Gasteiger partial charge in [-0.05, 0) is 32.1 Å². The summed E-state index contributed by atoms with van der Waals surface area (Å²) in [7, 11) is 0.